The molecule has 0 aliphatic heterocycles. The van der Waals surface area contributed by atoms with E-state index in [-0.39, 0.29) is 0 Å². The summed E-state index contributed by atoms with van der Waals surface area (Å²) in [6, 6.07) is 0. The lowest BCUT2D eigenvalue weighted by Gasteiger charge is -2.02. The number of allylic oxidation sites excluding steroid dienone is 2. The maximum absolute atomic E-state index is 2.44. The second-order valence-corrected chi connectivity index (χ2v) is 8.06. The third-order valence-corrected chi connectivity index (χ3v) is 5.37. The van der Waals surface area contributed by atoms with Crippen LogP contribution >= 0.6 is 0 Å². The summed E-state index contributed by atoms with van der Waals surface area (Å²) in [6.45, 7) is 4.59. The molecule has 0 aromatic heterocycles. The Morgan fingerprint density at radius 2 is 0.560 bits per heavy atom. The molecule has 0 aliphatic carbocycles. The van der Waals surface area contributed by atoms with Gasteiger partial charge in [0.1, 0.15) is 0 Å². The minimum Gasteiger partial charge on any atom is -0.0885 e. The summed E-state index contributed by atoms with van der Waals surface area (Å²) in [4.78, 5) is 0. The van der Waals surface area contributed by atoms with E-state index in [1.807, 2.05) is 0 Å². The lowest BCUT2D eigenvalue weighted by atomic mass is 10.0. The molecule has 0 rings (SSSR count). The molecule has 0 spiro atoms. The first-order valence-electron chi connectivity index (χ1n) is 12.1. The monoisotopic (exact) mass is 350 g/mol. The largest absolute Gasteiger partial charge is 0.0885 e. The molecule has 0 atom stereocenters. The first-order chi connectivity index (χ1) is 12.4. The van der Waals surface area contributed by atoms with Gasteiger partial charge in [0.05, 0.1) is 0 Å². The molecule has 0 heterocycles. The topological polar surface area (TPSA) is 0 Å². The molecule has 0 unspecified atom stereocenters. The predicted molar refractivity (Wildman–Crippen MR) is 117 cm³/mol. The molecule has 0 nitrogen and oxygen atoms in total. The number of hydrogen-bond acceptors (Lipinski definition) is 0. The van der Waals surface area contributed by atoms with Crippen LogP contribution in [-0.2, 0) is 0 Å². The van der Waals surface area contributed by atoms with Gasteiger partial charge in [0.15, 0.2) is 0 Å². The van der Waals surface area contributed by atoms with E-state index in [2.05, 4.69) is 26.0 Å². The molecule has 0 saturated carbocycles. The molecular weight excluding hydrogens is 300 g/mol. The zero-order valence-corrected chi connectivity index (χ0v) is 18.0. The highest BCUT2D eigenvalue weighted by Crippen LogP contribution is 2.13. The fraction of sp³-hybridized carbons (Fsp3) is 0.920. The smallest absolute Gasteiger partial charge is 0.0351 e. The molecule has 0 aliphatic rings. The molecule has 0 heteroatoms. The highest BCUT2D eigenvalue weighted by Gasteiger charge is 1.93. The fourth-order valence-electron chi connectivity index (χ4n) is 3.56. The van der Waals surface area contributed by atoms with Crippen molar-refractivity contribution in [2.75, 3.05) is 0 Å². The van der Waals surface area contributed by atoms with Gasteiger partial charge in [-0.1, -0.05) is 135 Å². The Balaban J connectivity index is 3.03. The first-order valence-corrected chi connectivity index (χ1v) is 12.1. The molecular formula is C25H50. The zero-order chi connectivity index (χ0) is 18.3. The van der Waals surface area contributed by atoms with Gasteiger partial charge in [-0.3, -0.25) is 0 Å². The molecule has 0 N–H and O–H groups in total. The minimum absolute atomic E-state index is 1.31. The molecule has 0 saturated heterocycles. The van der Waals surface area contributed by atoms with Crippen molar-refractivity contribution in [3.63, 3.8) is 0 Å². The van der Waals surface area contributed by atoms with E-state index in [1.165, 1.54) is 135 Å². The average Bonchev–Trinajstić information content (AvgIpc) is 2.63. The average molecular weight is 351 g/mol. The molecule has 0 fully saturated rings. The van der Waals surface area contributed by atoms with E-state index < -0.39 is 0 Å². The Hall–Kier alpha value is -0.260. The van der Waals surface area contributed by atoms with E-state index >= 15 is 0 Å². The van der Waals surface area contributed by atoms with Crippen LogP contribution in [0.5, 0.6) is 0 Å². The van der Waals surface area contributed by atoms with Crippen molar-refractivity contribution in [2.45, 2.75) is 149 Å². The summed E-state index contributed by atoms with van der Waals surface area (Å²) in [5, 5.41) is 0. The van der Waals surface area contributed by atoms with Crippen molar-refractivity contribution >= 4 is 0 Å². The van der Waals surface area contributed by atoms with Gasteiger partial charge in [-0.2, -0.15) is 0 Å². The second-order valence-electron chi connectivity index (χ2n) is 8.06. The highest BCUT2D eigenvalue weighted by atomic mass is 14.0. The van der Waals surface area contributed by atoms with Gasteiger partial charge in [0.2, 0.25) is 0 Å². The second kappa shape index (κ2) is 23.7. The van der Waals surface area contributed by atoms with Crippen molar-refractivity contribution in [3.05, 3.63) is 12.2 Å². The summed E-state index contributed by atoms with van der Waals surface area (Å²) in [6.07, 6.45) is 34.9. The van der Waals surface area contributed by atoms with Crippen LogP contribution in [0.3, 0.4) is 0 Å². The molecule has 25 heavy (non-hydrogen) atoms. The Bertz CT molecular complexity index is 240. The van der Waals surface area contributed by atoms with Crippen molar-refractivity contribution in [1.29, 1.82) is 0 Å². The highest BCUT2D eigenvalue weighted by molar-refractivity contribution is 4.81. The van der Waals surface area contributed by atoms with Crippen molar-refractivity contribution in [1.82, 2.24) is 0 Å². The SMILES string of the molecule is CCCCCCCCC=CCCCCCCCCCCCCCCC. The Labute approximate surface area is 161 Å². The van der Waals surface area contributed by atoms with Crippen LogP contribution in [-0.4, -0.2) is 0 Å². The Kier molecular flexibility index (Phi) is 23.5. The Morgan fingerprint density at radius 3 is 0.840 bits per heavy atom. The standard InChI is InChI=1S/C25H50/c1-3-5-7-9-11-13-15-17-19-21-23-25-24-22-20-18-16-14-12-10-8-6-4-2/h17,19H,3-16,18,20-25H2,1-2H3. The fourth-order valence-corrected chi connectivity index (χ4v) is 3.56. The van der Waals surface area contributed by atoms with Crippen LogP contribution in [0, 0.1) is 0 Å². The van der Waals surface area contributed by atoms with Gasteiger partial charge in [-0.05, 0) is 25.7 Å². The summed E-state index contributed by atoms with van der Waals surface area (Å²) < 4.78 is 0. The minimum atomic E-state index is 1.31. The van der Waals surface area contributed by atoms with Gasteiger partial charge in [0.25, 0.3) is 0 Å². The van der Waals surface area contributed by atoms with Gasteiger partial charge >= 0.3 is 0 Å². The van der Waals surface area contributed by atoms with Crippen molar-refractivity contribution in [3.8, 4) is 0 Å². The zero-order valence-electron chi connectivity index (χ0n) is 18.0. The van der Waals surface area contributed by atoms with E-state index in [0.717, 1.165) is 0 Å². The van der Waals surface area contributed by atoms with Crippen LogP contribution in [0.15, 0.2) is 12.2 Å². The van der Waals surface area contributed by atoms with E-state index in [1.54, 1.807) is 0 Å². The van der Waals surface area contributed by atoms with Crippen LogP contribution in [0.2, 0.25) is 0 Å². The predicted octanol–water partition coefficient (Wildman–Crippen LogP) is 9.77. The third-order valence-electron chi connectivity index (χ3n) is 5.37. The van der Waals surface area contributed by atoms with Crippen LogP contribution in [0.25, 0.3) is 0 Å². The van der Waals surface area contributed by atoms with Gasteiger partial charge in [0, 0.05) is 0 Å². The van der Waals surface area contributed by atoms with Crippen LogP contribution < -0.4 is 0 Å². The lowest BCUT2D eigenvalue weighted by molar-refractivity contribution is 0.540. The third kappa shape index (κ3) is 23.7. The maximum atomic E-state index is 2.44. The molecule has 0 bridgehead atoms. The lowest BCUT2D eigenvalue weighted by Crippen LogP contribution is -1.82. The number of unbranched alkanes of at least 4 members (excludes halogenated alkanes) is 19. The first kappa shape index (κ1) is 24.7. The van der Waals surface area contributed by atoms with Crippen molar-refractivity contribution < 1.29 is 0 Å². The van der Waals surface area contributed by atoms with E-state index in [4.69, 9.17) is 0 Å². The summed E-state index contributed by atoms with van der Waals surface area (Å²) in [5.74, 6) is 0. The summed E-state index contributed by atoms with van der Waals surface area (Å²) >= 11 is 0. The van der Waals surface area contributed by atoms with Gasteiger partial charge in [-0.25, -0.2) is 0 Å². The normalized spacial score (nSPS) is 11.6. The molecule has 0 amide bonds. The molecule has 0 radical (unpaired) electrons. The van der Waals surface area contributed by atoms with Gasteiger partial charge < -0.3 is 0 Å². The van der Waals surface area contributed by atoms with E-state index in [9.17, 15) is 0 Å². The van der Waals surface area contributed by atoms with E-state index in [0.29, 0.717) is 0 Å². The quantitative estimate of drug-likeness (QED) is 0.143. The molecule has 0 aromatic carbocycles. The molecule has 150 valence electrons. The van der Waals surface area contributed by atoms with Gasteiger partial charge in [-0.15, -0.1) is 0 Å². The summed E-state index contributed by atoms with van der Waals surface area (Å²) in [5.41, 5.74) is 0. The maximum Gasteiger partial charge on any atom is -0.0351 e. The van der Waals surface area contributed by atoms with Crippen LogP contribution in [0.4, 0.5) is 0 Å². The summed E-state index contributed by atoms with van der Waals surface area (Å²) in [7, 11) is 0. The number of rotatable bonds is 21. The molecule has 0 aromatic rings. The van der Waals surface area contributed by atoms with Crippen molar-refractivity contribution in [2.24, 2.45) is 0 Å². The van der Waals surface area contributed by atoms with Crippen LogP contribution in [0.1, 0.15) is 149 Å². The number of hydrogen-bond donors (Lipinski definition) is 0. The Morgan fingerprint density at radius 1 is 0.320 bits per heavy atom.